The number of rotatable bonds is 4. The molecule has 0 spiro atoms. The number of hydrogen-bond acceptors (Lipinski definition) is 5. The maximum Gasteiger partial charge on any atom is 0.264 e. The molecule has 0 fully saturated rings. The molecule has 1 N–H and O–H groups in total. The van der Waals surface area contributed by atoms with Crippen LogP contribution in [0.2, 0.25) is 0 Å². The molecule has 0 atom stereocenters. The van der Waals surface area contributed by atoms with E-state index in [0.717, 1.165) is 28.1 Å². The molecular formula is C23H25N3O3S2. The fraction of sp³-hybridized carbons (Fsp3) is 0.304. The van der Waals surface area contributed by atoms with Crippen LogP contribution in [-0.2, 0) is 21.2 Å². The lowest BCUT2D eigenvalue weighted by molar-refractivity contribution is -0.114. The standard InChI is InChI=1S/C23H25N3O3S2/c1-15-21(30-22(24-15)25-16(2)27)18-10-11-20-17(14-18)12-13-23(3,4)26(20)31(28,29)19-8-6-5-7-9-19/h5-11,14H,12-13H2,1-4H3,(H,24,25,27). The van der Waals surface area contributed by atoms with Gasteiger partial charge in [0.05, 0.1) is 26.7 Å². The molecule has 162 valence electrons. The minimum atomic E-state index is -3.70. The molecule has 31 heavy (non-hydrogen) atoms. The Bertz CT molecular complexity index is 1250. The van der Waals surface area contributed by atoms with Gasteiger partial charge in [-0.1, -0.05) is 35.6 Å². The largest absolute Gasteiger partial charge is 0.302 e. The number of nitrogens with one attached hydrogen (secondary N) is 1. The molecule has 8 heteroatoms. The average molecular weight is 456 g/mol. The molecule has 0 unspecified atom stereocenters. The van der Waals surface area contributed by atoms with Crippen molar-refractivity contribution in [1.82, 2.24) is 4.98 Å². The van der Waals surface area contributed by atoms with E-state index in [1.165, 1.54) is 18.3 Å². The van der Waals surface area contributed by atoms with Crippen LogP contribution in [0.15, 0.2) is 53.4 Å². The maximum atomic E-state index is 13.6. The fourth-order valence-electron chi connectivity index (χ4n) is 4.01. The van der Waals surface area contributed by atoms with E-state index < -0.39 is 15.6 Å². The predicted molar refractivity (Wildman–Crippen MR) is 125 cm³/mol. The summed E-state index contributed by atoms with van der Waals surface area (Å²) in [4.78, 5) is 17.1. The number of thiazole rings is 1. The van der Waals surface area contributed by atoms with Crippen molar-refractivity contribution in [2.24, 2.45) is 0 Å². The van der Waals surface area contributed by atoms with Gasteiger partial charge in [0.1, 0.15) is 0 Å². The van der Waals surface area contributed by atoms with Crippen molar-refractivity contribution in [2.75, 3.05) is 9.62 Å². The Labute approximate surface area is 187 Å². The molecule has 0 saturated heterocycles. The van der Waals surface area contributed by atoms with Crippen molar-refractivity contribution in [3.05, 3.63) is 59.8 Å². The number of benzene rings is 2. The van der Waals surface area contributed by atoms with Crippen molar-refractivity contribution >= 4 is 38.1 Å². The van der Waals surface area contributed by atoms with E-state index >= 15 is 0 Å². The van der Waals surface area contributed by atoms with Gasteiger partial charge in [-0.3, -0.25) is 9.10 Å². The van der Waals surface area contributed by atoms with Gasteiger partial charge in [0.25, 0.3) is 10.0 Å². The molecule has 0 saturated carbocycles. The number of carbonyl (C=O) groups excluding carboxylic acids is 1. The molecule has 1 aliphatic heterocycles. The van der Waals surface area contributed by atoms with Crippen LogP contribution in [0.3, 0.4) is 0 Å². The summed E-state index contributed by atoms with van der Waals surface area (Å²) in [5.74, 6) is -0.158. The first-order chi connectivity index (χ1) is 14.6. The molecule has 6 nitrogen and oxygen atoms in total. The van der Waals surface area contributed by atoms with Crippen LogP contribution >= 0.6 is 11.3 Å². The van der Waals surface area contributed by atoms with Crippen LogP contribution in [0, 0.1) is 6.92 Å². The van der Waals surface area contributed by atoms with Gasteiger partial charge in [-0.05, 0) is 69.0 Å². The number of carbonyl (C=O) groups is 1. The number of aryl methyl sites for hydroxylation is 2. The second-order valence-electron chi connectivity index (χ2n) is 8.35. The topological polar surface area (TPSA) is 79.4 Å². The molecule has 2 aromatic carbocycles. The Balaban J connectivity index is 1.79. The number of sulfonamides is 1. The number of amides is 1. The van der Waals surface area contributed by atoms with Crippen molar-refractivity contribution in [1.29, 1.82) is 0 Å². The van der Waals surface area contributed by atoms with E-state index in [0.29, 0.717) is 22.1 Å². The van der Waals surface area contributed by atoms with E-state index in [9.17, 15) is 13.2 Å². The molecule has 0 bridgehead atoms. The van der Waals surface area contributed by atoms with Gasteiger partial charge in [0.15, 0.2) is 5.13 Å². The van der Waals surface area contributed by atoms with E-state index in [1.54, 1.807) is 28.6 Å². The zero-order valence-electron chi connectivity index (χ0n) is 18.0. The third kappa shape index (κ3) is 3.97. The summed E-state index contributed by atoms with van der Waals surface area (Å²) in [5, 5.41) is 3.30. The molecular weight excluding hydrogens is 430 g/mol. The monoisotopic (exact) mass is 455 g/mol. The highest BCUT2D eigenvalue weighted by Crippen LogP contribution is 2.43. The summed E-state index contributed by atoms with van der Waals surface area (Å²) in [6.07, 6.45) is 1.50. The summed E-state index contributed by atoms with van der Waals surface area (Å²) in [7, 11) is -3.70. The Morgan fingerprint density at radius 3 is 2.55 bits per heavy atom. The second-order valence-corrected chi connectivity index (χ2v) is 11.1. The zero-order valence-corrected chi connectivity index (χ0v) is 19.6. The first kappa shape index (κ1) is 21.5. The van der Waals surface area contributed by atoms with Gasteiger partial charge < -0.3 is 5.32 Å². The summed E-state index contributed by atoms with van der Waals surface area (Å²) in [5.41, 5.74) is 2.97. The lowest BCUT2D eigenvalue weighted by Crippen LogP contribution is -2.50. The van der Waals surface area contributed by atoms with E-state index in [1.807, 2.05) is 39.0 Å². The predicted octanol–water partition coefficient (Wildman–Crippen LogP) is 5.00. The normalized spacial score (nSPS) is 15.4. The van der Waals surface area contributed by atoms with Crippen LogP contribution in [0.5, 0.6) is 0 Å². The highest BCUT2D eigenvalue weighted by atomic mass is 32.2. The number of nitrogens with zero attached hydrogens (tertiary/aromatic N) is 2. The van der Waals surface area contributed by atoms with Crippen molar-refractivity contribution in [3.8, 4) is 10.4 Å². The Hall–Kier alpha value is -2.71. The maximum absolute atomic E-state index is 13.6. The molecule has 1 aliphatic rings. The molecule has 1 aromatic heterocycles. The lowest BCUT2D eigenvalue weighted by Gasteiger charge is -2.44. The van der Waals surface area contributed by atoms with Gasteiger partial charge in [-0.25, -0.2) is 13.4 Å². The Kier molecular flexibility index (Phi) is 5.39. The third-order valence-electron chi connectivity index (χ3n) is 5.48. The highest BCUT2D eigenvalue weighted by molar-refractivity contribution is 7.93. The number of fused-ring (bicyclic) bond motifs is 1. The van der Waals surface area contributed by atoms with Gasteiger partial charge in [-0.15, -0.1) is 0 Å². The smallest absolute Gasteiger partial charge is 0.264 e. The molecule has 4 rings (SSSR count). The number of anilines is 2. The van der Waals surface area contributed by atoms with Crippen molar-refractivity contribution in [2.45, 2.75) is 51.0 Å². The van der Waals surface area contributed by atoms with E-state index in [2.05, 4.69) is 16.4 Å². The van der Waals surface area contributed by atoms with Gasteiger partial charge in [-0.2, -0.15) is 0 Å². The zero-order chi connectivity index (χ0) is 22.4. The minimum Gasteiger partial charge on any atom is -0.302 e. The number of hydrogen-bond donors (Lipinski definition) is 1. The van der Waals surface area contributed by atoms with Crippen LogP contribution < -0.4 is 9.62 Å². The molecule has 0 radical (unpaired) electrons. The highest BCUT2D eigenvalue weighted by Gasteiger charge is 2.41. The molecule has 0 aliphatic carbocycles. The first-order valence-corrected chi connectivity index (χ1v) is 12.3. The SMILES string of the molecule is CC(=O)Nc1nc(C)c(-c2ccc3c(c2)CCC(C)(C)N3S(=O)(=O)c2ccccc2)s1. The van der Waals surface area contributed by atoms with Crippen LogP contribution in [0.1, 0.15) is 38.4 Å². The lowest BCUT2D eigenvalue weighted by atomic mass is 9.88. The van der Waals surface area contributed by atoms with Gasteiger partial charge >= 0.3 is 0 Å². The summed E-state index contributed by atoms with van der Waals surface area (Å²) in [6.45, 7) is 7.31. The van der Waals surface area contributed by atoms with E-state index in [-0.39, 0.29) is 5.91 Å². The van der Waals surface area contributed by atoms with Gasteiger partial charge in [0, 0.05) is 6.92 Å². The number of aromatic nitrogens is 1. The summed E-state index contributed by atoms with van der Waals surface area (Å²) < 4.78 is 28.7. The molecule has 2 heterocycles. The molecule has 1 amide bonds. The first-order valence-electron chi connectivity index (χ1n) is 10.1. The van der Waals surface area contributed by atoms with Crippen LogP contribution in [0.25, 0.3) is 10.4 Å². The van der Waals surface area contributed by atoms with Crippen molar-refractivity contribution in [3.63, 3.8) is 0 Å². The fourth-order valence-corrected chi connectivity index (χ4v) is 6.91. The summed E-state index contributed by atoms with van der Waals surface area (Å²) in [6, 6.07) is 14.5. The van der Waals surface area contributed by atoms with Crippen LogP contribution in [-0.4, -0.2) is 24.8 Å². The van der Waals surface area contributed by atoms with E-state index in [4.69, 9.17) is 0 Å². The molecule has 3 aromatic rings. The second kappa shape index (κ2) is 7.76. The Morgan fingerprint density at radius 2 is 1.87 bits per heavy atom. The third-order valence-corrected chi connectivity index (χ3v) is 8.64. The Morgan fingerprint density at radius 1 is 1.16 bits per heavy atom. The average Bonchev–Trinajstić information content (AvgIpc) is 3.06. The van der Waals surface area contributed by atoms with Crippen LogP contribution in [0.4, 0.5) is 10.8 Å². The quantitative estimate of drug-likeness (QED) is 0.601. The minimum absolute atomic E-state index is 0.158. The summed E-state index contributed by atoms with van der Waals surface area (Å²) >= 11 is 1.42. The van der Waals surface area contributed by atoms with Crippen molar-refractivity contribution < 1.29 is 13.2 Å². The van der Waals surface area contributed by atoms with Gasteiger partial charge in [0.2, 0.25) is 5.91 Å².